The lowest BCUT2D eigenvalue weighted by Gasteiger charge is -2.24. The highest BCUT2D eigenvalue weighted by atomic mass is 16.4. The van der Waals surface area contributed by atoms with Crippen LogP contribution in [0, 0.1) is 11.8 Å². The number of aromatic nitrogens is 1. The largest absolute Gasteiger partial charge is 0.481 e. The molecular weight excluding hydrogens is 246 g/mol. The van der Waals surface area contributed by atoms with Crippen molar-refractivity contribution >= 4 is 17.7 Å². The lowest BCUT2D eigenvalue weighted by Crippen LogP contribution is -2.34. The first-order valence-electron chi connectivity index (χ1n) is 6.12. The quantitative estimate of drug-likeness (QED) is 0.667. The van der Waals surface area contributed by atoms with E-state index in [-0.39, 0.29) is 11.7 Å². The average Bonchev–Trinajstić information content (AvgIpc) is 2.87. The fourth-order valence-electron chi connectivity index (χ4n) is 2.40. The van der Waals surface area contributed by atoms with Gasteiger partial charge < -0.3 is 5.11 Å². The lowest BCUT2D eigenvalue weighted by molar-refractivity contribution is -0.143. The number of hydrogen-bond donors (Lipinski definition) is 1. The van der Waals surface area contributed by atoms with E-state index in [4.69, 9.17) is 0 Å². The van der Waals surface area contributed by atoms with Gasteiger partial charge in [-0.05, 0) is 25.0 Å². The van der Waals surface area contributed by atoms with Gasteiger partial charge in [-0.25, -0.2) is 0 Å². The second-order valence-corrected chi connectivity index (χ2v) is 4.65. The molecule has 0 amide bonds. The van der Waals surface area contributed by atoms with E-state index in [9.17, 15) is 19.5 Å². The minimum Gasteiger partial charge on any atom is -0.481 e. The number of carbonyl (C=O) groups excluding carboxylic acids is 2. The van der Waals surface area contributed by atoms with E-state index in [1.54, 1.807) is 18.2 Å². The van der Waals surface area contributed by atoms with Gasteiger partial charge in [-0.3, -0.25) is 19.0 Å². The van der Waals surface area contributed by atoms with Crippen molar-refractivity contribution in [3.05, 3.63) is 36.2 Å². The molecule has 0 aliphatic heterocycles. The van der Waals surface area contributed by atoms with Crippen LogP contribution in [-0.4, -0.2) is 27.3 Å². The Morgan fingerprint density at radius 3 is 2.42 bits per heavy atom. The van der Waals surface area contributed by atoms with Gasteiger partial charge in [-0.15, -0.1) is 0 Å². The van der Waals surface area contributed by atoms with Crippen molar-refractivity contribution in [3.8, 4) is 0 Å². The number of nitrogens with zero attached hydrogens (tertiary/aromatic N) is 1. The number of aliphatic carboxylic acids is 1. The molecule has 19 heavy (non-hydrogen) atoms. The highest BCUT2D eigenvalue weighted by Gasteiger charge is 2.35. The summed E-state index contributed by atoms with van der Waals surface area (Å²) in [5.41, 5.74) is 0.295. The average molecular weight is 261 g/mol. The number of rotatable bonds is 3. The number of allylic oxidation sites excluding steroid dienone is 2. The molecule has 2 unspecified atom stereocenters. The molecule has 2 atom stereocenters. The fourth-order valence-corrected chi connectivity index (χ4v) is 2.40. The Morgan fingerprint density at radius 1 is 1.21 bits per heavy atom. The van der Waals surface area contributed by atoms with Crippen molar-refractivity contribution in [2.45, 2.75) is 19.8 Å². The van der Waals surface area contributed by atoms with Gasteiger partial charge in [0.15, 0.2) is 5.78 Å². The first-order chi connectivity index (χ1) is 9.02. The monoisotopic (exact) mass is 261 g/mol. The van der Waals surface area contributed by atoms with Crippen LogP contribution in [0.4, 0.5) is 0 Å². The van der Waals surface area contributed by atoms with Crippen molar-refractivity contribution in [3.63, 3.8) is 0 Å². The molecule has 0 bridgehead atoms. The first-order valence-corrected chi connectivity index (χ1v) is 6.12. The van der Waals surface area contributed by atoms with Crippen LogP contribution in [0.3, 0.4) is 0 Å². The summed E-state index contributed by atoms with van der Waals surface area (Å²) in [4.78, 5) is 35.0. The van der Waals surface area contributed by atoms with Gasteiger partial charge in [-0.1, -0.05) is 12.2 Å². The highest BCUT2D eigenvalue weighted by Crippen LogP contribution is 2.28. The third kappa shape index (κ3) is 2.50. The molecule has 1 heterocycles. The molecule has 0 saturated carbocycles. The summed E-state index contributed by atoms with van der Waals surface area (Å²) in [5.74, 6) is -2.85. The second kappa shape index (κ2) is 5.22. The summed E-state index contributed by atoms with van der Waals surface area (Å²) in [6.45, 7) is 1.38. The van der Waals surface area contributed by atoms with Crippen molar-refractivity contribution in [2.24, 2.45) is 11.8 Å². The molecule has 0 saturated heterocycles. The molecule has 0 radical (unpaired) electrons. The van der Waals surface area contributed by atoms with Crippen LogP contribution in [0.15, 0.2) is 30.5 Å². The first kappa shape index (κ1) is 13.3. The van der Waals surface area contributed by atoms with Crippen LogP contribution in [0.5, 0.6) is 0 Å². The van der Waals surface area contributed by atoms with Crippen molar-refractivity contribution in [1.82, 2.24) is 4.57 Å². The Hall–Kier alpha value is -2.17. The van der Waals surface area contributed by atoms with E-state index in [0.717, 1.165) is 0 Å². The van der Waals surface area contributed by atoms with Crippen LogP contribution in [0.1, 0.15) is 35.0 Å². The normalized spacial score (nSPS) is 22.2. The van der Waals surface area contributed by atoms with E-state index in [1.165, 1.54) is 17.7 Å². The van der Waals surface area contributed by atoms with Crippen LogP contribution < -0.4 is 0 Å². The molecule has 2 rings (SSSR count). The minimum absolute atomic E-state index is 0.212. The smallest absolute Gasteiger partial charge is 0.307 e. The van der Waals surface area contributed by atoms with Crippen molar-refractivity contribution in [2.75, 3.05) is 0 Å². The van der Waals surface area contributed by atoms with E-state index in [0.29, 0.717) is 18.5 Å². The molecule has 1 aromatic rings. The lowest BCUT2D eigenvalue weighted by atomic mass is 9.82. The van der Waals surface area contributed by atoms with Gasteiger partial charge in [0.25, 0.3) is 0 Å². The molecule has 0 spiro atoms. The van der Waals surface area contributed by atoms with Gasteiger partial charge >= 0.3 is 5.97 Å². The maximum atomic E-state index is 12.4. The third-order valence-electron chi connectivity index (χ3n) is 3.41. The molecule has 0 aromatic carbocycles. The molecule has 0 fully saturated rings. The Balaban J connectivity index is 2.32. The van der Waals surface area contributed by atoms with E-state index in [1.807, 2.05) is 6.08 Å². The predicted octanol–water partition coefficient (Wildman–Crippen LogP) is 2.00. The Morgan fingerprint density at radius 2 is 1.84 bits per heavy atom. The fraction of sp³-hybridized carbons (Fsp3) is 0.357. The van der Waals surface area contributed by atoms with Crippen molar-refractivity contribution < 1.29 is 19.5 Å². The van der Waals surface area contributed by atoms with Gasteiger partial charge in [0, 0.05) is 13.1 Å². The topological polar surface area (TPSA) is 76.4 Å². The minimum atomic E-state index is -0.973. The molecular formula is C14H15NO4. The number of carboxylic acids is 1. The number of carboxylic acid groups (broad SMARTS) is 1. The molecule has 5 nitrogen and oxygen atoms in total. The van der Waals surface area contributed by atoms with Crippen LogP contribution in [0.2, 0.25) is 0 Å². The summed E-state index contributed by atoms with van der Waals surface area (Å²) < 4.78 is 1.27. The van der Waals surface area contributed by atoms with Crippen molar-refractivity contribution in [1.29, 1.82) is 0 Å². The van der Waals surface area contributed by atoms with E-state index >= 15 is 0 Å². The molecule has 1 aliphatic carbocycles. The summed E-state index contributed by atoms with van der Waals surface area (Å²) in [6, 6.07) is 3.18. The van der Waals surface area contributed by atoms with E-state index < -0.39 is 17.8 Å². The SMILES string of the molecule is CC(=O)c1cccn1C(=O)C1CC=CCC1C(=O)O. The van der Waals surface area contributed by atoms with Gasteiger partial charge in [0.1, 0.15) is 0 Å². The van der Waals surface area contributed by atoms with Gasteiger partial charge in [-0.2, -0.15) is 0 Å². The summed E-state index contributed by atoms with van der Waals surface area (Å²) in [7, 11) is 0. The van der Waals surface area contributed by atoms with Crippen LogP contribution in [0.25, 0.3) is 0 Å². The van der Waals surface area contributed by atoms with E-state index in [2.05, 4.69) is 0 Å². The summed E-state index contributed by atoms with van der Waals surface area (Å²) in [5, 5.41) is 9.17. The maximum absolute atomic E-state index is 12.4. The van der Waals surface area contributed by atoms with Gasteiger partial charge in [0.05, 0.1) is 17.5 Å². The maximum Gasteiger partial charge on any atom is 0.307 e. The number of carbonyl (C=O) groups is 3. The highest BCUT2D eigenvalue weighted by molar-refractivity contribution is 5.98. The Labute approximate surface area is 110 Å². The molecule has 1 N–H and O–H groups in total. The Bertz CT molecular complexity index is 556. The molecule has 100 valence electrons. The Kier molecular flexibility index (Phi) is 3.64. The van der Waals surface area contributed by atoms with Gasteiger partial charge in [0.2, 0.25) is 5.91 Å². The van der Waals surface area contributed by atoms with Crippen LogP contribution in [-0.2, 0) is 4.79 Å². The molecule has 1 aliphatic rings. The van der Waals surface area contributed by atoms with Crippen LogP contribution >= 0.6 is 0 Å². The zero-order valence-corrected chi connectivity index (χ0v) is 10.6. The molecule has 5 heteroatoms. The zero-order valence-electron chi connectivity index (χ0n) is 10.6. The third-order valence-corrected chi connectivity index (χ3v) is 3.41. The summed E-state index contributed by atoms with van der Waals surface area (Å²) in [6.07, 6.45) is 5.85. The second-order valence-electron chi connectivity index (χ2n) is 4.65. The predicted molar refractivity (Wildman–Crippen MR) is 68.1 cm³/mol. The number of hydrogen-bond acceptors (Lipinski definition) is 3. The number of ketones is 1. The molecule has 1 aromatic heterocycles. The summed E-state index contributed by atoms with van der Waals surface area (Å²) >= 11 is 0. The zero-order chi connectivity index (χ0) is 14.0. The standard InChI is InChI=1S/C14H15NO4/c1-9(16)12-7-4-8-15(12)13(17)10-5-2-3-6-11(10)14(18)19/h2-4,7-8,10-11H,5-6H2,1H3,(H,18,19). The number of Topliss-reactive ketones (excluding diaryl/α,β-unsaturated/α-hetero) is 1.